The fraction of sp³-hybridized carbons (Fsp3) is 0.417. The average molecular weight is 247 g/mol. The van der Waals surface area contributed by atoms with Gasteiger partial charge in [0, 0.05) is 18.7 Å². The highest BCUT2D eigenvalue weighted by Gasteiger charge is 2.16. The number of nitrogens with zero attached hydrogens (tertiary/aromatic N) is 3. The number of nitrogens with one attached hydrogen (secondary N) is 2. The van der Waals surface area contributed by atoms with Gasteiger partial charge in [-0.2, -0.15) is 0 Å². The van der Waals surface area contributed by atoms with Crippen molar-refractivity contribution < 1.29 is 4.52 Å². The van der Waals surface area contributed by atoms with Gasteiger partial charge in [-0.15, -0.1) is 0 Å². The highest BCUT2D eigenvalue weighted by Crippen LogP contribution is 2.24. The molecule has 0 saturated carbocycles. The minimum Gasteiger partial charge on any atom is -0.373 e. The summed E-state index contributed by atoms with van der Waals surface area (Å²) in [6.07, 6.45) is 1.52. The molecule has 18 heavy (non-hydrogen) atoms. The fourth-order valence-electron chi connectivity index (χ4n) is 1.98. The van der Waals surface area contributed by atoms with E-state index in [1.807, 2.05) is 33.9 Å². The van der Waals surface area contributed by atoms with Crippen LogP contribution < -0.4 is 10.6 Å². The monoisotopic (exact) mass is 247 g/mol. The average Bonchev–Trinajstić information content (AvgIpc) is 2.69. The van der Waals surface area contributed by atoms with Crippen LogP contribution in [0.4, 0.5) is 11.6 Å². The van der Waals surface area contributed by atoms with Crippen LogP contribution in [0.15, 0.2) is 16.9 Å². The Labute approximate surface area is 106 Å². The van der Waals surface area contributed by atoms with E-state index in [2.05, 4.69) is 25.8 Å². The maximum absolute atomic E-state index is 5.16. The molecule has 6 nitrogen and oxygen atoms in total. The van der Waals surface area contributed by atoms with Gasteiger partial charge in [-0.05, 0) is 20.8 Å². The first-order valence-electron chi connectivity index (χ1n) is 5.81. The lowest BCUT2D eigenvalue weighted by molar-refractivity contribution is 0.392. The van der Waals surface area contributed by atoms with Crippen LogP contribution in [0, 0.1) is 13.8 Å². The normalized spacial score (nSPS) is 12.2. The Hall–Kier alpha value is -2.11. The topological polar surface area (TPSA) is 75.9 Å². The second-order valence-corrected chi connectivity index (χ2v) is 4.14. The molecule has 2 N–H and O–H groups in total. The summed E-state index contributed by atoms with van der Waals surface area (Å²) in [5.74, 6) is 2.37. The third-order valence-electron chi connectivity index (χ3n) is 2.81. The largest absolute Gasteiger partial charge is 0.373 e. The Bertz CT molecular complexity index is 518. The standard InChI is InChI=1S/C12H17N5O/c1-7(12-8(2)17-18-9(12)3)16-11-5-10(13-4)14-6-15-11/h5-7H,1-4H3,(H2,13,14,15,16). The van der Waals surface area contributed by atoms with Crippen LogP contribution in [0.1, 0.15) is 30.0 Å². The summed E-state index contributed by atoms with van der Waals surface area (Å²) in [6, 6.07) is 1.94. The molecule has 1 atom stereocenters. The van der Waals surface area contributed by atoms with Gasteiger partial charge in [-0.25, -0.2) is 9.97 Å². The van der Waals surface area contributed by atoms with E-state index in [1.165, 1.54) is 6.33 Å². The predicted octanol–water partition coefficient (Wildman–Crippen LogP) is 2.30. The Morgan fingerprint density at radius 1 is 1.22 bits per heavy atom. The lowest BCUT2D eigenvalue weighted by Gasteiger charge is -2.14. The zero-order chi connectivity index (χ0) is 13.1. The molecule has 0 spiro atoms. The molecule has 96 valence electrons. The maximum atomic E-state index is 5.16. The van der Waals surface area contributed by atoms with Crippen molar-refractivity contribution in [3.8, 4) is 0 Å². The molecule has 0 saturated heterocycles. The summed E-state index contributed by atoms with van der Waals surface area (Å²) in [5, 5.41) is 10.2. The summed E-state index contributed by atoms with van der Waals surface area (Å²) in [5.41, 5.74) is 1.97. The Balaban J connectivity index is 2.18. The van der Waals surface area contributed by atoms with Crippen molar-refractivity contribution in [1.29, 1.82) is 0 Å². The molecule has 2 aromatic rings. The van der Waals surface area contributed by atoms with Crippen LogP contribution in [0.3, 0.4) is 0 Å². The number of aromatic nitrogens is 3. The third-order valence-corrected chi connectivity index (χ3v) is 2.81. The van der Waals surface area contributed by atoms with E-state index in [4.69, 9.17) is 4.52 Å². The van der Waals surface area contributed by atoms with Crippen molar-refractivity contribution >= 4 is 11.6 Å². The molecule has 0 aliphatic carbocycles. The first-order valence-corrected chi connectivity index (χ1v) is 5.81. The Morgan fingerprint density at radius 3 is 2.56 bits per heavy atom. The lowest BCUT2D eigenvalue weighted by atomic mass is 10.1. The Morgan fingerprint density at radius 2 is 1.94 bits per heavy atom. The van der Waals surface area contributed by atoms with Gasteiger partial charge >= 0.3 is 0 Å². The summed E-state index contributed by atoms with van der Waals surface area (Å²) >= 11 is 0. The van der Waals surface area contributed by atoms with E-state index in [0.717, 1.165) is 28.7 Å². The summed E-state index contributed by atoms with van der Waals surface area (Å²) in [4.78, 5) is 8.25. The summed E-state index contributed by atoms with van der Waals surface area (Å²) in [7, 11) is 1.82. The minimum atomic E-state index is 0.0795. The van der Waals surface area contributed by atoms with Crippen LogP contribution in [0.5, 0.6) is 0 Å². The van der Waals surface area contributed by atoms with Crippen molar-refractivity contribution in [3.05, 3.63) is 29.4 Å². The van der Waals surface area contributed by atoms with E-state index in [-0.39, 0.29) is 6.04 Å². The maximum Gasteiger partial charge on any atom is 0.139 e. The molecule has 6 heteroatoms. The highest BCUT2D eigenvalue weighted by molar-refractivity contribution is 5.47. The first-order chi connectivity index (χ1) is 8.61. The van der Waals surface area contributed by atoms with E-state index < -0.39 is 0 Å². The summed E-state index contributed by atoms with van der Waals surface area (Å²) in [6.45, 7) is 5.89. The molecular formula is C12H17N5O. The number of anilines is 2. The highest BCUT2D eigenvalue weighted by atomic mass is 16.5. The van der Waals surface area contributed by atoms with Crippen molar-refractivity contribution in [2.45, 2.75) is 26.8 Å². The van der Waals surface area contributed by atoms with Crippen LogP contribution in [-0.2, 0) is 0 Å². The number of hydrogen-bond acceptors (Lipinski definition) is 6. The van der Waals surface area contributed by atoms with Gasteiger partial charge in [0.15, 0.2) is 0 Å². The molecular weight excluding hydrogens is 230 g/mol. The van der Waals surface area contributed by atoms with E-state index >= 15 is 0 Å². The second-order valence-electron chi connectivity index (χ2n) is 4.14. The molecule has 0 amide bonds. The zero-order valence-corrected chi connectivity index (χ0v) is 11.0. The van der Waals surface area contributed by atoms with Gasteiger partial charge < -0.3 is 15.2 Å². The quantitative estimate of drug-likeness (QED) is 0.863. The molecule has 0 radical (unpaired) electrons. The number of aryl methyl sites for hydroxylation is 2. The van der Waals surface area contributed by atoms with Crippen LogP contribution >= 0.6 is 0 Å². The molecule has 0 aliphatic rings. The lowest BCUT2D eigenvalue weighted by Crippen LogP contribution is -2.10. The molecule has 2 aromatic heterocycles. The van der Waals surface area contributed by atoms with E-state index in [1.54, 1.807) is 0 Å². The Kier molecular flexibility index (Phi) is 3.45. The molecule has 0 bridgehead atoms. The smallest absolute Gasteiger partial charge is 0.139 e. The first kappa shape index (κ1) is 12.3. The van der Waals surface area contributed by atoms with Crippen LogP contribution in [0.25, 0.3) is 0 Å². The van der Waals surface area contributed by atoms with Gasteiger partial charge in [0.05, 0.1) is 11.7 Å². The molecule has 2 rings (SSSR count). The number of hydrogen-bond donors (Lipinski definition) is 2. The third kappa shape index (κ3) is 2.42. The molecule has 0 fully saturated rings. The molecule has 0 aromatic carbocycles. The van der Waals surface area contributed by atoms with Crippen molar-refractivity contribution in [2.75, 3.05) is 17.7 Å². The van der Waals surface area contributed by atoms with E-state index in [0.29, 0.717) is 0 Å². The van der Waals surface area contributed by atoms with Crippen molar-refractivity contribution in [1.82, 2.24) is 15.1 Å². The predicted molar refractivity (Wildman–Crippen MR) is 69.6 cm³/mol. The fourth-order valence-corrected chi connectivity index (χ4v) is 1.98. The van der Waals surface area contributed by atoms with Gasteiger partial charge in [0.25, 0.3) is 0 Å². The van der Waals surface area contributed by atoms with Gasteiger partial charge in [-0.3, -0.25) is 0 Å². The SMILES string of the molecule is CNc1cc(NC(C)c2c(C)noc2C)ncn1. The van der Waals surface area contributed by atoms with Gasteiger partial charge in [0.2, 0.25) is 0 Å². The van der Waals surface area contributed by atoms with Gasteiger partial charge in [0.1, 0.15) is 23.7 Å². The zero-order valence-electron chi connectivity index (χ0n) is 11.0. The molecule has 2 heterocycles. The van der Waals surface area contributed by atoms with Crippen LogP contribution in [-0.4, -0.2) is 22.2 Å². The van der Waals surface area contributed by atoms with E-state index in [9.17, 15) is 0 Å². The molecule has 0 aliphatic heterocycles. The second kappa shape index (κ2) is 5.03. The van der Waals surface area contributed by atoms with Crippen molar-refractivity contribution in [2.24, 2.45) is 0 Å². The van der Waals surface area contributed by atoms with Crippen LogP contribution in [0.2, 0.25) is 0 Å². The number of rotatable bonds is 4. The van der Waals surface area contributed by atoms with Crippen molar-refractivity contribution in [3.63, 3.8) is 0 Å². The van der Waals surface area contributed by atoms with Gasteiger partial charge in [-0.1, -0.05) is 5.16 Å². The molecule has 1 unspecified atom stereocenters. The minimum absolute atomic E-state index is 0.0795. The summed E-state index contributed by atoms with van der Waals surface area (Å²) < 4.78 is 5.16.